The second-order valence-corrected chi connectivity index (χ2v) is 7.18. The summed E-state index contributed by atoms with van der Waals surface area (Å²) in [6.45, 7) is 3.94. The maximum Gasteiger partial charge on any atom is 0.253 e. The normalized spacial score (nSPS) is 12.9. The van der Waals surface area contributed by atoms with Crippen LogP contribution in [0.4, 0.5) is 5.69 Å². The molecule has 0 aliphatic carbocycles. The van der Waals surface area contributed by atoms with Gasteiger partial charge in [-0.1, -0.05) is 31.5 Å². The van der Waals surface area contributed by atoms with Gasteiger partial charge in [0, 0.05) is 18.0 Å². The predicted molar refractivity (Wildman–Crippen MR) is 105 cm³/mol. The van der Waals surface area contributed by atoms with E-state index >= 15 is 0 Å². The Hall–Kier alpha value is -2.41. The van der Waals surface area contributed by atoms with Crippen LogP contribution in [0.5, 0.6) is 5.88 Å². The van der Waals surface area contributed by atoms with Crippen molar-refractivity contribution in [2.45, 2.75) is 32.7 Å². The molecule has 6 nitrogen and oxygen atoms in total. The van der Waals surface area contributed by atoms with Crippen molar-refractivity contribution in [1.29, 1.82) is 0 Å². The van der Waals surface area contributed by atoms with Gasteiger partial charge in [-0.25, -0.2) is 9.19 Å². The van der Waals surface area contributed by atoms with Gasteiger partial charge in [0.05, 0.1) is 24.4 Å². The zero-order valence-corrected chi connectivity index (χ0v) is 16.1. The number of anilines is 1. The van der Waals surface area contributed by atoms with E-state index < -0.39 is 11.0 Å². The monoisotopic (exact) mass is 375 g/mol. The Morgan fingerprint density at radius 1 is 1.27 bits per heavy atom. The molecule has 1 aromatic carbocycles. The highest BCUT2D eigenvalue weighted by molar-refractivity contribution is 7.86. The maximum absolute atomic E-state index is 12.7. The summed E-state index contributed by atoms with van der Waals surface area (Å²) in [4.78, 5) is 16.8. The van der Waals surface area contributed by atoms with E-state index in [0.717, 1.165) is 18.4 Å². The summed E-state index contributed by atoms with van der Waals surface area (Å²) in [7, 11) is 0.353. The lowest BCUT2D eigenvalue weighted by atomic mass is 10.1. The molecular weight excluding hydrogens is 350 g/mol. The SMILES string of the molecule is CCCCS(=O)Nc1ccccc1C(=O)N[C@H](C)c1ccc(OC)nc1. The molecule has 1 unspecified atom stereocenters. The third kappa shape index (κ3) is 5.56. The number of nitrogens with one attached hydrogen (secondary N) is 2. The van der Waals surface area contributed by atoms with Gasteiger partial charge in [-0.15, -0.1) is 0 Å². The minimum Gasteiger partial charge on any atom is -0.481 e. The van der Waals surface area contributed by atoms with Crippen molar-refractivity contribution >= 4 is 22.6 Å². The molecule has 0 aliphatic heterocycles. The largest absolute Gasteiger partial charge is 0.481 e. The summed E-state index contributed by atoms with van der Waals surface area (Å²) >= 11 is 0. The first-order chi connectivity index (χ1) is 12.5. The van der Waals surface area contributed by atoms with Gasteiger partial charge < -0.3 is 14.8 Å². The molecule has 2 N–H and O–H groups in total. The number of pyridine rings is 1. The first-order valence-corrected chi connectivity index (χ1v) is 9.92. The highest BCUT2D eigenvalue weighted by Gasteiger charge is 2.16. The third-order valence-corrected chi connectivity index (χ3v) is 5.00. The molecule has 0 bridgehead atoms. The van der Waals surface area contributed by atoms with Gasteiger partial charge in [0.15, 0.2) is 0 Å². The van der Waals surface area contributed by atoms with Crippen LogP contribution in [0.1, 0.15) is 48.7 Å². The lowest BCUT2D eigenvalue weighted by Gasteiger charge is -2.16. The number of carbonyl (C=O) groups excluding carboxylic acids is 1. The minimum absolute atomic E-state index is 0.223. The van der Waals surface area contributed by atoms with Crippen LogP contribution >= 0.6 is 0 Å². The van der Waals surface area contributed by atoms with E-state index in [0.29, 0.717) is 22.9 Å². The van der Waals surface area contributed by atoms with E-state index in [2.05, 4.69) is 15.0 Å². The van der Waals surface area contributed by atoms with E-state index in [-0.39, 0.29) is 11.9 Å². The summed E-state index contributed by atoms with van der Waals surface area (Å²) < 4.78 is 20.1. The lowest BCUT2D eigenvalue weighted by Crippen LogP contribution is -2.27. The van der Waals surface area contributed by atoms with Crippen molar-refractivity contribution in [3.05, 3.63) is 53.7 Å². The number of rotatable bonds is 9. The number of unbranched alkanes of at least 4 members (excludes halogenated alkanes) is 1. The molecular formula is C19H25N3O3S. The standard InChI is InChI=1S/C19H25N3O3S/c1-4-5-12-26(24)22-17-9-7-6-8-16(17)19(23)21-14(2)15-10-11-18(25-3)20-13-15/h6-11,13-14,22H,4-5,12H2,1-3H3,(H,21,23)/t14-,26?/m1/s1. The van der Waals surface area contributed by atoms with Crippen molar-refractivity contribution in [1.82, 2.24) is 10.3 Å². The quantitative estimate of drug-likeness (QED) is 0.703. The van der Waals surface area contributed by atoms with Gasteiger partial charge in [-0.3, -0.25) is 4.79 Å². The minimum atomic E-state index is -1.20. The topological polar surface area (TPSA) is 80.3 Å². The molecule has 1 aromatic heterocycles. The first-order valence-electron chi connectivity index (χ1n) is 8.60. The average Bonchev–Trinajstić information content (AvgIpc) is 2.66. The summed E-state index contributed by atoms with van der Waals surface area (Å²) in [6.07, 6.45) is 3.52. The fraction of sp³-hybridized carbons (Fsp3) is 0.368. The fourth-order valence-electron chi connectivity index (χ4n) is 2.35. The van der Waals surface area contributed by atoms with Crippen LogP contribution in [0.25, 0.3) is 0 Å². The molecule has 0 spiro atoms. The number of methoxy groups -OCH3 is 1. The summed E-state index contributed by atoms with van der Waals surface area (Å²) in [5.74, 6) is 0.848. The van der Waals surface area contributed by atoms with E-state index in [9.17, 15) is 9.00 Å². The van der Waals surface area contributed by atoms with Crippen molar-refractivity contribution in [3.8, 4) is 5.88 Å². The number of carbonyl (C=O) groups is 1. The molecule has 7 heteroatoms. The maximum atomic E-state index is 12.7. The molecule has 0 radical (unpaired) electrons. The molecule has 26 heavy (non-hydrogen) atoms. The Bertz CT molecular complexity index is 750. The van der Waals surface area contributed by atoms with Gasteiger partial charge in [0.2, 0.25) is 5.88 Å². The van der Waals surface area contributed by atoms with Crippen LogP contribution in [-0.4, -0.2) is 28.0 Å². The van der Waals surface area contributed by atoms with Crippen LogP contribution in [0.2, 0.25) is 0 Å². The summed E-state index contributed by atoms with van der Waals surface area (Å²) in [5, 5.41) is 2.95. The van der Waals surface area contributed by atoms with E-state index in [1.807, 2.05) is 26.0 Å². The van der Waals surface area contributed by atoms with Crippen LogP contribution in [-0.2, 0) is 11.0 Å². The second-order valence-electron chi connectivity index (χ2n) is 5.88. The van der Waals surface area contributed by atoms with Crippen molar-refractivity contribution in [2.24, 2.45) is 0 Å². The molecule has 1 amide bonds. The lowest BCUT2D eigenvalue weighted by molar-refractivity contribution is 0.0940. The Balaban J connectivity index is 2.07. The first kappa shape index (κ1) is 19.9. The van der Waals surface area contributed by atoms with E-state index in [1.165, 1.54) is 0 Å². The molecule has 2 atom stereocenters. The average molecular weight is 375 g/mol. The number of ether oxygens (including phenoxy) is 1. The van der Waals surface area contributed by atoms with E-state index in [4.69, 9.17) is 4.74 Å². The number of hydrogen-bond acceptors (Lipinski definition) is 4. The molecule has 140 valence electrons. The highest BCUT2D eigenvalue weighted by atomic mass is 32.2. The van der Waals surface area contributed by atoms with Gasteiger partial charge in [0.25, 0.3) is 5.91 Å². The Kier molecular flexibility index (Phi) is 7.59. The van der Waals surface area contributed by atoms with Crippen LogP contribution in [0.15, 0.2) is 42.6 Å². The highest BCUT2D eigenvalue weighted by Crippen LogP contribution is 2.19. The van der Waals surface area contributed by atoms with Crippen LogP contribution < -0.4 is 14.8 Å². The Labute approximate surface area is 157 Å². The number of nitrogens with zero attached hydrogens (tertiary/aromatic N) is 1. The Morgan fingerprint density at radius 3 is 2.69 bits per heavy atom. The zero-order valence-electron chi connectivity index (χ0n) is 15.3. The van der Waals surface area contributed by atoms with Gasteiger partial charge in [-0.05, 0) is 31.0 Å². The molecule has 0 aliphatic rings. The number of hydrogen-bond donors (Lipinski definition) is 2. The third-order valence-electron chi connectivity index (χ3n) is 3.89. The number of amides is 1. The molecule has 2 aromatic rings. The van der Waals surface area contributed by atoms with Gasteiger partial charge in [-0.2, -0.15) is 0 Å². The van der Waals surface area contributed by atoms with Gasteiger partial charge in [0.1, 0.15) is 11.0 Å². The smallest absolute Gasteiger partial charge is 0.253 e. The van der Waals surface area contributed by atoms with Crippen LogP contribution in [0.3, 0.4) is 0 Å². The van der Waals surface area contributed by atoms with E-state index in [1.54, 1.807) is 37.6 Å². The van der Waals surface area contributed by atoms with Crippen LogP contribution in [0, 0.1) is 0 Å². The number of benzene rings is 1. The molecule has 1 heterocycles. The fourth-order valence-corrected chi connectivity index (χ4v) is 3.42. The Morgan fingerprint density at radius 2 is 2.04 bits per heavy atom. The van der Waals surface area contributed by atoms with Gasteiger partial charge >= 0.3 is 0 Å². The molecule has 0 saturated heterocycles. The van der Waals surface area contributed by atoms with Crippen molar-refractivity contribution in [3.63, 3.8) is 0 Å². The van der Waals surface area contributed by atoms with Crippen molar-refractivity contribution in [2.75, 3.05) is 17.6 Å². The molecule has 2 rings (SSSR count). The van der Waals surface area contributed by atoms with Crippen molar-refractivity contribution < 1.29 is 13.7 Å². The molecule has 0 saturated carbocycles. The summed E-state index contributed by atoms with van der Waals surface area (Å²) in [6, 6.07) is 10.5. The second kappa shape index (κ2) is 9.91. The number of aromatic nitrogens is 1. The molecule has 0 fully saturated rings. The predicted octanol–water partition coefficient (Wildman–Crippen LogP) is 3.46. The summed E-state index contributed by atoms with van der Waals surface area (Å²) in [5.41, 5.74) is 1.90. The zero-order chi connectivity index (χ0) is 18.9. The number of para-hydroxylation sites is 1.